The summed E-state index contributed by atoms with van der Waals surface area (Å²) in [6, 6.07) is 14.8. The van der Waals surface area contributed by atoms with Crippen molar-refractivity contribution in [1.29, 1.82) is 0 Å². The van der Waals surface area contributed by atoms with Gasteiger partial charge in [-0.05, 0) is 30.3 Å². The van der Waals surface area contributed by atoms with Crippen molar-refractivity contribution in [3.63, 3.8) is 0 Å². The van der Waals surface area contributed by atoms with Gasteiger partial charge in [0.1, 0.15) is 0 Å². The van der Waals surface area contributed by atoms with Crippen LogP contribution in [0.1, 0.15) is 6.42 Å². The third-order valence-corrected chi connectivity index (χ3v) is 9.39. The van der Waals surface area contributed by atoms with Crippen LogP contribution in [0.15, 0.2) is 58.2 Å². The van der Waals surface area contributed by atoms with Gasteiger partial charge in [-0.15, -0.1) is 0 Å². The van der Waals surface area contributed by atoms with Gasteiger partial charge in [0, 0.05) is 57.9 Å². The number of anilines is 1. The number of hydrogen-bond acceptors (Lipinski definition) is 7. The second-order valence-corrected chi connectivity index (χ2v) is 11.6. The molecular formula is C24H28N4O5S2. The number of carbonyl (C=O) groups excluding carboxylic acids is 1. The average molecular weight is 517 g/mol. The Morgan fingerprint density at radius 3 is 2.37 bits per heavy atom. The molecule has 2 aromatic carbocycles. The summed E-state index contributed by atoms with van der Waals surface area (Å²) < 4.78 is 35.6. The molecule has 2 aliphatic heterocycles. The number of fused-ring (bicyclic) bond motifs is 1. The quantitative estimate of drug-likeness (QED) is 0.496. The van der Waals surface area contributed by atoms with Gasteiger partial charge >= 0.3 is 4.87 Å². The summed E-state index contributed by atoms with van der Waals surface area (Å²) in [5, 5.41) is 0. The molecule has 1 amide bonds. The summed E-state index contributed by atoms with van der Waals surface area (Å²) in [4.78, 5) is 29.0. The lowest BCUT2D eigenvalue weighted by Gasteiger charge is -2.35. The number of amides is 1. The topological polar surface area (TPSA) is 92.2 Å². The first kappa shape index (κ1) is 24.0. The van der Waals surface area contributed by atoms with E-state index in [1.807, 2.05) is 30.3 Å². The van der Waals surface area contributed by atoms with Crippen molar-refractivity contribution < 1.29 is 17.9 Å². The number of hydrogen-bond donors (Lipinski definition) is 0. The van der Waals surface area contributed by atoms with Gasteiger partial charge in [0.25, 0.3) is 0 Å². The third kappa shape index (κ3) is 4.99. The summed E-state index contributed by atoms with van der Waals surface area (Å²) in [6.07, 6.45) is 0.220. The van der Waals surface area contributed by atoms with Gasteiger partial charge in [-0.3, -0.25) is 14.2 Å². The number of piperazine rings is 1. The number of ether oxygens (including phenoxy) is 1. The maximum atomic E-state index is 13.3. The number of aromatic nitrogens is 1. The lowest BCUT2D eigenvalue weighted by atomic mass is 10.2. The molecule has 0 unspecified atom stereocenters. The Morgan fingerprint density at radius 1 is 0.943 bits per heavy atom. The second kappa shape index (κ2) is 10.1. The minimum Gasteiger partial charge on any atom is -0.378 e. The fourth-order valence-corrected chi connectivity index (χ4v) is 7.05. The molecule has 0 radical (unpaired) electrons. The lowest BCUT2D eigenvalue weighted by Crippen LogP contribution is -2.48. The Bertz CT molecular complexity index is 1360. The van der Waals surface area contributed by atoms with Crippen LogP contribution in [-0.2, 0) is 26.1 Å². The number of nitrogens with zero attached hydrogens (tertiary/aromatic N) is 4. The van der Waals surface area contributed by atoms with Crippen LogP contribution in [0.4, 0.5) is 5.69 Å². The average Bonchev–Trinajstić information content (AvgIpc) is 3.22. The first-order chi connectivity index (χ1) is 16.9. The van der Waals surface area contributed by atoms with Crippen LogP contribution in [0.25, 0.3) is 10.2 Å². The molecule has 35 heavy (non-hydrogen) atoms. The van der Waals surface area contributed by atoms with Crippen molar-refractivity contribution in [3.8, 4) is 0 Å². The Balaban J connectivity index is 1.29. The number of morpholine rings is 1. The van der Waals surface area contributed by atoms with Gasteiger partial charge in [0.05, 0.1) is 28.3 Å². The highest BCUT2D eigenvalue weighted by molar-refractivity contribution is 7.89. The SMILES string of the molecule is O=C(CCn1c(=O)sc2cc(S(=O)(=O)N3CCN(c4ccccc4)CC3)ccc21)N1CCOCC1. The molecule has 0 aliphatic carbocycles. The molecule has 0 atom stereocenters. The maximum Gasteiger partial charge on any atom is 0.308 e. The molecule has 0 saturated carbocycles. The van der Waals surface area contributed by atoms with Crippen molar-refractivity contribution in [1.82, 2.24) is 13.8 Å². The molecule has 2 aliphatic rings. The first-order valence-electron chi connectivity index (χ1n) is 11.7. The first-order valence-corrected chi connectivity index (χ1v) is 14.0. The fraction of sp³-hybridized carbons (Fsp3) is 0.417. The van der Waals surface area contributed by atoms with Gasteiger partial charge in [-0.1, -0.05) is 29.5 Å². The van der Waals surface area contributed by atoms with E-state index in [2.05, 4.69) is 4.90 Å². The van der Waals surface area contributed by atoms with E-state index in [0.29, 0.717) is 62.7 Å². The van der Waals surface area contributed by atoms with Gasteiger partial charge in [0.15, 0.2) is 0 Å². The monoisotopic (exact) mass is 516 g/mol. The summed E-state index contributed by atoms with van der Waals surface area (Å²) in [6.45, 7) is 4.50. The smallest absolute Gasteiger partial charge is 0.308 e. The van der Waals surface area contributed by atoms with Gasteiger partial charge in [-0.25, -0.2) is 8.42 Å². The van der Waals surface area contributed by atoms with Crippen LogP contribution >= 0.6 is 11.3 Å². The van der Waals surface area contributed by atoms with Crippen molar-refractivity contribution >= 4 is 43.2 Å². The summed E-state index contributed by atoms with van der Waals surface area (Å²) in [5.74, 6) is -0.00612. The standard InChI is InChI=1S/C24H28N4O5S2/c29-23(26-14-16-33-17-15-26)8-9-28-21-7-6-20(18-22(21)34-24(28)30)35(31,32)27-12-10-25(11-13-27)19-4-2-1-3-5-19/h1-7,18H,8-17H2. The van der Waals surface area contributed by atoms with E-state index in [1.54, 1.807) is 27.7 Å². The molecule has 2 saturated heterocycles. The van der Waals surface area contributed by atoms with E-state index in [-0.39, 0.29) is 28.6 Å². The molecule has 5 rings (SSSR count). The molecule has 2 fully saturated rings. The van der Waals surface area contributed by atoms with Crippen LogP contribution in [0.5, 0.6) is 0 Å². The van der Waals surface area contributed by atoms with E-state index in [4.69, 9.17) is 4.74 Å². The zero-order valence-corrected chi connectivity index (χ0v) is 21.0. The summed E-state index contributed by atoms with van der Waals surface area (Å²) >= 11 is 1.01. The Labute approximate surface area is 208 Å². The number of para-hydroxylation sites is 1. The van der Waals surface area contributed by atoms with Gasteiger partial charge < -0.3 is 14.5 Å². The van der Waals surface area contributed by atoms with Crippen molar-refractivity contribution in [2.24, 2.45) is 0 Å². The third-order valence-electron chi connectivity index (χ3n) is 6.55. The normalized spacial score (nSPS) is 17.7. The number of carbonyl (C=O) groups is 1. The predicted octanol–water partition coefficient (Wildman–Crippen LogP) is 1.82. The van der Waals surface area contributed by atoms with E-state index in [9.17, 15) is 18.0 Å². The highest BCUT2D eigenvalue weighted by atomic mass is 32.2. The number of aryl methyl sites for hydroxylation is 1. The number of sulfonamides is 1. The minimum absolute atomic E-state index is 0.00612. The molecule has 9 nitrogen and oxygen atoms in total. The van der Waals surface area contributed by atoms with E-state index in [1.165, 1.54) is 4.31 Å². The zero-order valence-electron chi connectivity index (χ0n) is 19.3. The maximum absolute atomic E-state index is 13.3. The summed E-state index contributed by atoms with van der Waals surface area (Å²) in [5.41, 5.74) is 1.74. The van der Waals surface area contributed by atoms with Crippen molar-refractivity contribution in [3.05, 3.63) is 58.2 Å². The van der Waals surface area contributed by atoms with Crippen molar-refractivity contribution in [2.75, 3.05) is 57.4 Å². The number of rotatable bonds is 6. The Kier molecular flexibility index (Phi) is 6.92. The van der Waals surface area contributed by atoms with Crippen LogP contribution in [0.3, 0.4) is 0 Å². The highest BCUT2D eigenvalue weighted by Gasteiger charge is 2.29. The lowest BCUT2D eigenvalue weighted by molar-refractivity contribution is -0.135. The van der Waals surface area contributed by atoms with Crippen LogP contribution in [0, 0.1) is 0 Å². The minimum atomic E-state index is -3.67. The number of thiazole rings is 1. The predicted molar refractivity (Wildman–Crippen MR) is 136 cm³/mol. The van der Waals surface area contributed by atoms with Crippen LogP contribution in [0.2, 0.25) is 0 Å². The van der Waals surface area contributed by atoms with Gasteiger partial charge in [-0.2, -0.15) is 4.31 Å². The molecule has 0 N–H and O–H groups in total. The molecule has 0 bridgehead atoms. The molecule has 3 aromatic rings. The molecule has 186 valence electrons. The second-order valence-electron chi connectivity index (χ2n) is 8.62. The highest BCUT2D eigenvalue weighted by Crippen LogP contribution is 2.26. The fourth-order valence-electron chi connectivity index (χ4n) is 4.57. The van der Waals surface area contributed by atoms with Crippen LogP contribution in [-0.4, -0.2) is 80.6 Å². The van der Waals surface area contributed by atoms with Gasteiger partial charge in [0.2, 0.25) is 15.9 Å². The molecule has 0 spiro atoms. The largest absolute Gasteiger partial charge is 0.378 e. The zero-order chi connectivity index (χ0) is 24.4. The van der Waals surface area contributed by atoms with Crippen molar-refractivity contribution in [2.45, 2.75) is 17.9 Å². The Hall–Kier alpha value is -2.73. The molecular weight excluding hydrogens is 488 g/mol. The molecule has 3 heterocycles. The van der Waals surface area contributed by atoms with E-state index < -0.39 is 10.0 Å². The Morgan fingerprint density at radius 2 is 1.66 bits per heavy atom. The molecule has 1 aromatic heterocycles. The summed E-state index contributed by atoms with van der Waals surface area (Å²) in [7, 11) is -3.67. The van der Waals surface area contributed by atoms with E-state index in [0.717, 1.165) is 17.0 Å². The van der Waals surface area contributed by atoms with E-state index >= 15 is 0 Å². The molecule has 11 heteroatoms. The van der Waals surface area contributed by atoms with Crippen LogP contribution < -0.4 is 9.77 Å². The number of benzene rings is 2.